The number of hydrogen-bond acceptors (Lipinski definition) is 7. The summed E-state index contributed by atoms with van der Waals surface area (Å²) >= 11 is 0. The largest absolute Gasteiger partial charge is 0.489 e. The van der Waals surface area contributed by atoms with E-state index in [0.717, 1.165) is 56.1 Å². The Kier molecular flexibility index (Phi) is 5.61. The number of aromatic amines is 1. The summed E-state index contributed by atoms with van der Waals surface area (Å²) in [5, 5.41) is 10.0. The number of benzene rings is 2. The van der Waals surface area contributed by atoms with Gasteiger partial charge in [-0.2, -0.15) is 0 Å². The molecular formula is C28H29N7O3. The Labute approximate surface area is 220 Å². The molecule has 10 nitrogen and oxygen atoms in total. The second-order valence-corrected chi connectivity index (χ2v) is 10.4. The van der Waals surface area contributed by atoms with E-state index in [0.29, 0.717) is 23.5 Å². The highest BCUT2D eigenvalue weighted by atomic mass is 16.5. The summed E-state index contributed by atoms with van der Waals surface area (Å²) in [6, 6.07) is 15.8. The number of rotatable bonds is 5. The van der Waals surface area contributed by atoms with E-state index in [2.05, 4.69) is 42.5 Å². The molecule has 5 heterocycles. The monoisotopic (exact) mass is 511 g/mol. The number of aromatic nitrogens is 5. The van der Waals surface area contributed by atoms with Gasteiger partial charge in [0, 0.05) is 56.2 Å². The third-order valence-electron chi connectivity index (χ3n) is 7.81. The number of carbonyl (C=O) groups excluding carboxylic acids is 1. The van der Waals surface area contributed by atoms with Gasteiger partial charge in [0.1, 0.15) is 30.0 Å². The summed E-state index contributed by atoms with van der Waals surface area (Å²) < 4.78 is 13.7. The van der Waals surface area contributed by atoms with Crippen LogP contribution in [-0.2, 0) is 11.2 Å². The Bertz CT molecular complexity index is 1450. The molecule has 7 rings (SSSR count). The van der Waals surface area contributed by atoms with E-state index in [9.17, 15) is 4.79 Å². The van der Waals surface area contributed by atoms with Gasteiger partial charge in [-0.05, 0) is 36.6 Å². The fraction of sp³-hybridized carbons (Fsp3) is 0.357. The lowest BCUT2D eigenvalue weighted by atomic mass is 9.73. The van der Waals surface area contributed by atoms with Crippen LogP contribution >= 0.6 is 0 Å². The van der Waals surface area contributed by atoms with Gasteiger partial charge in [-0.1, -0.05) is 30.3 Å². The fourth-order valence-corrected chi connectivity index (χ4v) is 5.70. The number of H-pyrrole nitrogens is 1. The highest BCUT2D eigenvalue weighted by Gasteiger charge is 2.44. The summed E-state index contributed by atoms with van der Waals surface area (Å²) in [5.74, 6) is 1.82. The molecule has 0 unspecified atom stereocenters. The number of imidazole rings is 1. The molecule has 194 valence electrons. The van der Waals surface area contributed by atoms with Gasteiger partial charge in [0.25, 0.3) is 5.91 Å². The number of anilines is 1. The summed E-state index contributed by atoms with van der Waals surface area (Å²) in [7, 11) is 0. The van der Waals surface area contributed by atoms with Gasteiger partial charge in [0.05, 0.1) is 5.69 Å². The standard InChI is InChI=1S/C28H29N7O3/c36-27(25-31-24(32-33-25)14-19-4-2-1-3-5-19)30-21-16-38-23-7-6-20(15-22(23)35-11-10-29-26(21)35)34-17-28(18-34)8-12-37-13-9-28/h1-7,10-11,15,21H,8-9,12-14,16-18H2,(H,30,36)(H,31,32,33)/t21-/m0/s1. The van der Waals surface area contributed by atoms with Crippen LogP contribution in [0, 0.1) is 5.41 Å². The van der Waals surface area contributed by atoms with E-state index >= 15 is 0 Å². The summed E-state index contributed by atoms with van der Waals surface area (Å²) in [4.78, 5) is 24.5. The fourth-order valence-electron chi connectivity index (χ4n) is 5.70. The number of hydrogen-bond donors (Lipinski definition) is 2. The van der Waals surface area contributed by atoms with Crippen molar-refractivity contribution in [1.82, 2.24) is 30.0 Å². The van der Waals surface area contributed by atoms with Gasteiger partial charge in [0.15, 0.2) is 0 Å². The van der Waals surface area contributed by atoms with Crippen molar-refractivity contribution in [3.63, 3.8) is 0 Å². The molecule has 10 heteroatoms. The number of nitrogens with zero attached hydrogens (tertiary/aromatic N) is 5. The van der Waals surface area contributed by atoms with E-state index in [1.54, 1.807) is 6.20 Å². The Hall–Kier alpha value is -4.18. The van der Waals surface area contributed by atoms with E-state index in [1.807, 2.05) is 47.2 Å². The predicted octanol–water partition coefficient (Wildman–Crippen LogP) is 3.06. The minimum atomic E-state index is -0.459. The van der Waals surface area contributed by atoms with Crippen molar-refractivity contribution in [2.75, 3.05) is 37.8 Å². The van der Waals surface area contributed by atoms with Gasteiger partial charge in [-0.15, -0.1) is 5.10 Å². The third-order valence-corrected chi connectivity index (χ3v) is 7.81. The molecule has 4 aromatic rings. The molecule has 0 saturated carbocycles. The van der Waals surface area contributed by atoms with Gasteiger partial charge in [-0.3, -0.25) is 14.5 Å². The molecule has 1 atom stereocenters. The maximum absolute atomic E-state index is 13.1. The van der Waals surface area contributed by atoms with Crippen molar-refractivity contribution in [3.8, 4) is 11.4 Å². The smallest absolute Gasteiger partial charge is 0.291 e. The van der Waals surface area contributed by atoms with Gasteiger partial charge in [-0.25, -0.2) is 9.97 Å². The molecule has 2 saturated heterocycles. The molecule has 2 aromatic heterocycles. The molecule has 2 aromatic carbocycles. The van der Waals surface area contributed by atoms with Crippen LogP contribution in [0.2, 0.25) is 0 Å². The highest BCUT2D eigenvalue weighted by molar-refractivity contribution is 5.90. The van der Waals surface area contributed by atoms with Gasteiger partial charge >= 0.3 is 0 Å². The van der Waals surface area contributed by atoms with Crippen LogP contribution in [-0.4, -0.2) is 63.5 Å². The molecule has 0 bridgehead atoms. The number of ether oxygens (including phenoxy) is 2. The third kappa shape index (κ3) is 4.20. The lowest BCUT2D eigenvalue weighted by Gasteiger charge is -2.53. The van der Waals surface area contributed by atoms with Crippen molar-refractivity contribution in [3.05, 3.63) is 84.0 Å². The van der Waals surface area contributed by atoms with Crippen molar-refractivity contribution >= 4 is 11.6 Å². The normalized spacial score (nSPS) is 19.6. The van der Waals surface area contributed by atoms with E-state index in [1.165, 1.54) is 5.69 Å². The van der Waals surface area contributed by atoms with Crippen LogP contribution in [0.1, 0.15) is 46.7 Å². The SMILES string of the molecule is O=C(N[C@H]1COc2ccc(N3CC4(CCOCC4)C3)cc2-n2ccnc21)c1n[nH]c(Cc2ccccc2)n1. The van der Waals surface area contributed by atoms with Gasteiger partial charge < -0.3 is 19.7 Å². The van der Waals surface area contributed by atoms with E-state index < -0.39 is 6.04 Å². The van der Waals surface area contributed by atoms with Crippen LogP contribution in [0.3, 0.4) is 0 Å². The first-order valence-corrected chi connectivity index (χ1v) is 13.1. The van der Waals surface area contributed by atoms with Gasteiger partial charge in [0.2, 0.25) is 5.82 Å². The Balaban J connectivity index is 1.07. The maximum atomic E-state index is 13.1. The summed E-state index contributed by atoms with van der Waals surface area (Å²) in [5.41, 5.74) is 3.56. The molecule has 3 aliphatic heterocycles. The van der Waals surface area contributed by atoms with Crippen LogP contribution in [0.4, 0.5) is 5.69 Å². The number of nitrogens with one attached hydrogen (secondary N) is 2. The molecule has 0 radical (unpaired) electrons. The zero-order valence-electron chi connectivity index (χ0n) is 21.0. The Morgan fingerprint density at radius 2 is 1.97 bits per heavy atom. The van der Waals surface area contributed by atoms with Crippen molar-refractivity contribution in [1.29, 1.82) is 0 Å². The molecule has 1 spiro atoms. The van der Waals surface area contributed by atoms with Crippen molar-refractivity contribution in [2.45, 2.75) is 25.3 Å². The number of carbonyl (C=O) groups is 1. The quantitative estimate of drug-likeness (QED) is 0.424. The molecular weight excluding hydrogens is 482 g/mol. The van der Waals surface area contributed by atoms with E-state index in [4.69, 9.17) is 9.47 Å². The molecule has 3 aliphatic rings. The highest BCUT2D eigenvalue weighted by Crippen LogP contribution is 2.43. The summed E-state index contributed by atoms with van der Waals surface area (Å²) in [6.45, 7) is 4.07. The Morgan fingerprint density at radius 1 is 1.13 bits per heavy atom. The van der Waals surface area contributed by atoms with Crippen molar-refractivity contribution < 1.29 is 14.3 Å². The molecule has 2 N–H and O–H groups in total. The zero-order chi connectivity index (χ0) is 25.5. The zero-order valence-corrected chi connectivity index (χ0v) is 21.0. The number of fused-ring (bicyclic) bond motifs is 3. The van der Waals surface area contributed by atoms with Crippen LogP contribution in [0.25, 0.3) is 5.69 Å². The minimum absolute atomic E-state index is 0.0953. The maximum Gasteiger partial charge on any atom is 0.291 e. The second-order valence-electron chi connectivity index (χ2n) is 10.4. The number of amides is 1. The van der Waals surface area contributed by atoms with Crippen LogP contribution in [0.5, 0.6) is 5.75 Å². The first-order chi connectivity index (χ1) is 18.7. The lowest BCUT2D eigenvalue weighted by Crippen LogP contribution is -2.58. The Morgan fingerprint density at radius 3 is 2.82 bits per heavy atom. The minimum Gasteiger partial charge on any atom is -0.489 e. The lowest BCUT2D eigenvalue weighted by molar-refractivity contribution is -0.000195. The van der Waals surface area contributed by atoms with Crippen LogP contribution in [0.15, 0.2) is 60.9 Å². The second kappa shape index (κ2) is 9.29. The average molecular weight is 512 g/mol. The topological polar surface area (TPSA) is 110 Å². The average Bonchev–Trinajstić information content (AvgIpc) is 3.58. The first-order valence-electron chi connectivity index (χ1n) is 13.1. The predicted molar refractivity (Wildman–Crippen MR) is 140 cm³/mol. The van der Waals surface area contributed by atoms with Crippen molar-refractivity contribution in [2.24, 2.45) is 5.41 Å². The summed E-state index contributed by atoms with van der Waals surface area (Å²) in [6.07, 6.45) is 6.49. The van der Waals surface area contributed by atoms with E-state index in [-0.39, 0.29) is 18.3 Å². The molecule has 38 heavy (non-hydrogen) atoms. The molecule has 2 fully saturated rings. The van der Waals surface area contributed by atoms with Crippen LogP contribution < -0.4 is 15.0 Å². The molecule has 1 amide bonds. The molecule has 0 aliphatic carbocycles. The first kappa shape index (κ1) is 23.0.